The van der Waals surface area contributed by atoms with E-state index in [2.05, 4.69) is 6.58 Å². The van der Waals surface area contributed by atoms with Crippen molar-refractivity contribution in [2.24, 2.45) is 0 Å². The fourth-order valence-electron chi connectivity index (χ4n) is 0.942. The summed E-state index contributed by atoms with van der Waals surface area (Å²) in [5.41, 5.74) is 6.05. The zero-order valence-corrected chi connectivity index (χ0v) is 6.82. The van der Waals surface area contributed by atoms with Gasteiger partial charge in [-0.1, -0.05) is 6.58 Å². The molecular formula is C9H9NO3. The lowest BCUT2D eigenvalue weighted by Crippen LogP contribution is -1.99. The van der Waals surface area contributed by atoms with Crippen LogP contribution in [0.5, 0.6) is 0 Å². The van der Waals surface area contributed by atoms with Crippen molar-refractivity contribution in [3.63, 3.8) is 0 Å². The van der Waals surface area contributed by atoms with E-state index in [4.69, 9.17) is 15.9 Å². The number of hydrogen-bond donors (Lipinski definition) is 3. The Morgan fingerprint density at radius 3 is 2.23 bits per heavy atom. The Hall–Kier alpha value is -1.97. The van der Waals surface area contributed by atoms with Crippen molar-refractivity contribution >= 4 is 17.4 Å². The number of nitrogen functional groups attached to an aromatic ring is 1. The summed E-state index contributed by atoms with van der Waals surface area (Å²) >= 11 is 0. The summed E-state index contributed by atoms with van der Waals surface area (Å²) in [4.78, 5) is 10.6. The zero-order valence-electron chi connectivity index (χ0n) is 6.82. The summed E-state index contributed by atoms with van der Waals surface area (Å²) in [6, 6.07) is 4.07. The van der Waals surface area contributed by atoms with Crippen LogP contribution in [0.15, 0.2) is 24.8 Å². The molecule has 13 heavy (non-hydrogen) atoms. The number of nitrogens with two attached hydrogens (primary N) is 1. The molecule has 1 aromatic carbocycles. The average molecular weight is 179 g/mol. The third kappa shape index (κ3) is 1.99. The lowest BCUT2D eigenvalue weighted by atomic mass is 10.1. The van der Waals surface area contributed by atoms with Gasteiger partial charge in [-0.25, -0.2) is 4.79 Å². The zero-order chi connectivity index (χ0) is 10.0. The summed E-state index contributed by atoms with van der Waals surface area (Å²) in [5, 5.41) is 17.7. The Balaban J connectivity index is 3.26. The summed E-state index contributed by atoms with van der Waals surface area (Å²) in [7, 11) is 0. The highest BCUT2D eigenvalue weighted by molar-refractivity contribution is 5.90. The van der Waals surface area contributed by atoms with Crippen molar-refractivity contribution in [3.05, 3.63) is 35.9 Å². The Labute approximate surface area is 74.9 Å². The maximum atomic E-state index is 10.6. The number of hydrogen-bond acceptors (Lipinski definition) is 3. The van der Waals surface area contributed by atoms with Gasteiger partial charge in [-0.05, 0) is 18.2 Å². The fraction of sp³-hybridized carbons (Fsp3) is 0. The van der Waals surface area contributed by atoms with Crippen LogP contribution < -0.4 is 5.73 Å². The topological polar surface area (TPSA) is 83.5 Å². The predicted molar refractivity (Wildman–Crippen MR) is 49.5 cm³/mol. The summed E-state index contributed by atoms with van der Waals surface area (Å²) < 4.78 is 0. The van der Waals surface area contributed by atoms with E-state index in [0.29, 0.717) is 5.56 Å². The lowest BCUT2D eigenvalue weighted by Gasteiger charge is -2.02. The number of aromatic carboxylic acids is 1. The summed E-state index contributed by atoms with van der Waals surface area (Å²) in [6.07, 6.45) is 0. The highest BCUT2D eigenvalue weighted by atomic mass is 16.4. The van der Waals surface area contributed by atoms with Gasteiger partial charge >= 0.3 is 5.97 Å². The van der Waals surface area contributed by atoms with Gasteiger partial charge in [-0.3, -0.25) is 0 Å². The van der Waals surface area contributed by atoms with Gasteiger partial charge in [0.15, 0.2) is 0 Å². The van der Waals surface area contributed by atoms with Crippen molar-refractivity contribution in [1.29, 1.82) is 0 Å². The number of aliphatic hydroxyl groups is 1. The van der Waals surface area contributed by atoms with Gasteiger partial charge in [-0.2, -0.15) is 0 Å². The molecule has 4 nitrogen and oxygen atoms in total. The Morgan fingerprint density at radius 2 is 1.77 bits per heavy atom. The summed E-state index contributed by atoms with van der Waals surface area (Å²) in [6.45, 7) is 3.27. The molecule has 0 aliphatic heterocycles. The first kappa shape index (κ1) is 9.12. The van der Waals surface area contributed by atoms with Crippen LogP contribution in [0, 0.1) is 0 Å². The van der Waals surface area contributed by atoms with Gasteiger partial charge < -0.3 is 15.9 Å². The number of rotatable bonds is 2. The van der Waals surface area contributed by atoms with Crippen molar-refractivity contribution in [1.82, 2.24) is 0 Å². The van der Waals surface area contributed by atoms with E-state index in [0.717, 1.165) is 0 Å². The van der Waals surface area contributed by atoms with E-state index in [1.165, 1.54) is 18.2 Å². The van der Waals surface area contributed by atoms with Gasteiger partial charge in [0.1, 0.15) is 5.76 Å². The van der Waals surface area contributed by atoms with Crippen LogP contribution in [0.1, 0.15) is 15.9 Å². The number of carboxylic acids is 1. The van der Waals surface area contributed by atoms with E-state index >= 15 is 0 Å². The highest BCUT2D eigenvalue weighted by Crippen LogP contribution is 2.16. The molecule has 0 bridgehead atoms. The molecule has 0 atom stereocenters. The first-order chi connectivity index (χ1) is 6.00. The van der Waals surface area contributed by atoms with Gasteiger partial charge in [0.25, 0.3) is 0 Å². The quantitative estimate of drug-likeness (QED) is 0.474. The lowest BCUT2D eigenvalue weighted by molar-refractivity contribution is 0.0697. The largest absolute Gasteiger partial charge is 0.508 e. The molecule has 0 aromatic heterocycles. The SMILES string of the molecule is C=C(O)c1cc(N)cc(C(=O)O)c1. The minimum absolute atomic E-state index is 0.0326. The standard InChI is InChI=1S/C9H9NO3/c1-5(11)6-2-7(9(12)13)4-8(10)3-6/h2-4,11H,1,10H2,(H,12,13). The van der Waals surface area contributed by atoms with E-state index < -0.39 is 5.97 Å². The number of aliphatic hydroxyl groups excluding tert-OH is 1. The molecule has 0 saturated heterocycles. The molecule has 68 valence electrons. The van der Waals surface area contributed by atoms with Gasteiger partial charge in [0, 0.05) is 11.3 Å². The van der Waals surface area contributed by atoms with Crippen LogP contribution in [0.25, 0.3) is 5.76 Å². The summed E-state index contributed by atoms with van der Waals surface area (Å²) in [5.74, 6) is -1.29. The van der Waals surface area contributed by atoms with Gasteiger partial charge in [-0.15, -0.1) is 0 Å². The van der Waals surface area contributed by atoms with Crippen molar-refractivity contribution in [2.75, 3.05) is 5.73 Å². The maximum Gasteiger partial charge on any atom is 0.335 e. The average Bonchev–Trinajstić information content (AvgIpc) is 2.03. The molecule has 0 aliphatic carbocycles. The van der Waals surface area contributed by atoms with E-state index in [9.17, 15) is 4.79 Å². The van der Waals surface area contributed by atoms with Crippen LogP contribution in [-0.4, -0.2) is 16.2 Å². The molecule has 0 radical (unpaired) electrons. The maximum absolute atomic E-state index is 10.6. The third-order valence-electron chi connectivity index (χ3n) is 1.54. The first-order valence-corrected chi connectivity index (χ1v) is 3.53. The monoisotopic (exact) mass is 179 g/mol. The van der Waals surface area contributed by atoms with Crippen molar-refractivity contribution in [2.45, 2.75) is 0 Å². The predicted octanol–water partition coefficient (Wildman–Crippen LogP) is 1.50. The fourth-order valence-corrected chi connectivity index (χ4v) is 0.942. The molecule has 0 saturated carbocycles. The number of benzene rings is 1. The van der Waals surface area contributed by atoms with E-state index in [-0.39, 0.29) is 17.0 Å². The number of carbonyl (C=O) groups is 1. The molecule has 4 heteroatoms. The van der Waals surface area contributed by atoms with E-state index in [1.54, 1.807) is 0 Å². The molecule has 1 rings (SSSR count). The molecule has 4 N–H and O–H groups in total. The van der Waals surface area contributed by atoms with E-state index in [1.807, 2.05) is 0 Å². The second-order valence-electron chi connectivity index (χ2n) is 2.60. The molecular weight excluding hydrogens is 170 g/mol. The molecule has 0 aliphatic rings. The van der Waals surface area contributed by atoms with Gasteiger partial charge in [0.2, 0.25) is 0 Å². The first-order valence-electron chi connectivity index (χ1n) is 3.53. The second-order valence-corrected chi connectivity index (χ2v) is 2.60. The smallest absolute Gasteiger partial charge is 0.335 e. The highest BCUT2D eigenvalue weighted by Gasteiger charge is 2.06. The molecule has 0 amide bonds. The number of carboxylic acid groups (broad SMARTS) is 1. The molecule has 1 aromatic rings. The van der Waals surface area contributed by atoms with Gasteiger partial charge in [0.05, 0.1) is 5.56 Å². The normalized spacial score (nSPS) is 9.54. The number of anilines is 1. The molecule has 0 fully saturated rings. The Morgan fingerprint density at radius 1 is 1.23 bits per heavy atom. The van der Waals surface area contributed by atoms with Crippen LogP contribution in [0.3, 0.4) is 0 Å². The molecule has 0 spiro atoms. The minimum atomic E-state index is -1.09. The van der Waals surface area contributed by atoms with Crippen LogP contribution >= 0.6 is 0 Å². The third-order valence-corrected chi connectivity index (χ3v) is 1.54. The molecule has 0 unspecified atom stereocenters. The Bertz CT molecular complexity index is 339. The van der Waals surface area contributed by atoms with Crippen molar-refractivity contribution in [3.8, 4) is 0 Å². The van der Waals surface area contributed by atoms with Crippen molar-refractivity contribution < 1.29 is 15.0 Å². The van der Waals surface area contributed by atoms with Crippen LogP contribution in [0.2, 0.25) is 0 Å². The second kappa shape index (κ2) is 3.18. The Kier molecular flexibility index (Phi) is 2.23. The van der Waals surface area contributed by atoms with Crippen LogP contribution in [-0.2, 0) is 0 Å². The van der Waals surface area contributed by atoms with Crippen LogP contribution in [0.4, 0.5) is 5.69 Å². The minimum Gasteiger partial charge on any atom is -0.508 e. The molecule has 0 heterocycles.